The maximum absolute atomic E-state index is 12.2. The van der Waals surface area contributed by atoms with Gasteiger partial charge in [0.25, 0.3) is 0 Å². The van der Waals surface area contributed by atoms with Crippen LogP contribution in [0.4, 0.5) is 0 Å². The summed E-state index contributed by atoms with van der Waals surface area (Å²) in [6.07, 6.45) is 6.14. The summed E-state index contributed by atoms with van der Waals surface area (Å²) in [6.45, 7) is 6.23. The maximum Gasteiger partial charge on any atom is 0.240 e. The molecule has 92 valence electrons. The van der Waals surface area contributed by atoms with Crippen molar-refractivity contribution in [3.05, 3.63) is 0 Å². The predicted molar refractivity (Wildman–Crippen MR) is 65.2 cm³/mol. The van der Waals surface area contributed by atoms with Gasteiger partial charge in [-0.25, -0.2) is 0 Å². The third-order valence-corrected chi connectivity index (χ3v) is 4.16. The molecule has 0 aromatic rings. The molecule has 1 N–H and O–H groups in total. The second kappa shape index (κ2) is 5.17. The van der Waals surface area contributed by atoms with E-state index < -0.39 is 0 Å². The highest BCUT2D eigenvalue weighted by Crippen LogP contribution is 2.30. The van der Waals surface area contributed by atoms with Gasteiger partial charge in [0, 0.05) is 12.6 Å². The zero-order chi connectivity index (χ0) is 11.5. The Hall–Kier alpha value is -0.570. The first-order chi connectivity index (χ1) is 7.74. The summed E-state index contributed by atoms with van der Waals surface area (Å²) < 4.78 is 0. The van der Waals surface area contributed by atoms with Crippen molar-refractivity contribution >= 4 is 5.91 Å². The third kappa shape index (κ3) is 2.24. The lowest BCUT2D eigenvalue weighted by Gasteiger charge is -2.36. The van der Waals surface area contributed by atoms with Crippen LogP contribution >= 0.6 is 0 Å². The van der Waals surface area contributed by atoms with Gasteiger partial charge in [-0.1, -0.05) is 26.7 Å². The molecule has 3 nitrogen and oxygen atoms in total. The van der Waals surface area contributed by atoms with Crippen LogP contribution < -0.4 is 5.32 Å². The van der Waals surface area contributed by atoms with Gasteiger partial charge >= 0.3 is 0 Å². The minimum Gasteiger partial charge on any atom is -0.338 e. The molecule has 1 heterocycles. The summed E-state index contributed by atoms with van der Waals surface area (Å²) in [5, 5.41) is 3.29. The van der Waals surface area contributed by atoms with Gasteiger partial charge in [-0.2, -0.15) is 0 Å². The SMILES string of the molecule is CCNC1CCN(C2CCCCC2C)C1=O. The second-order valence-corrected chi connectivity index (χ2v) is 5.26. The van der Waals surface area contributed by atoms with Crippen molar-refractivity contribution in [3.63, 3.8) is 0 Å². The highest BCUT2D eigenvalue weighted by molar-refractivity contribution is 5.84. The van der Waals surface area contributed by atoms with E-state index in [1.807, 2.05) is 0 Å². The molecule has 16 heavy (non-hydrogen) atoms. The van der Waals surface area contributed by atoms with Crippen molar-refractivity contribution in [1.29, 1.82) is 0 Å². The van der Waals surface area contributed by atoms with Gasteiger partial charge < -0.3 is 10.2 Å². The van der Waals surface area contributed by atoms with E-state index in [2.05, 4.69) is 24.1 Å². The van der Waals surface area contributed by atoms with E-state index in [0.29, 0.717) is 17.9 Å². The zero-order valence-corrected chi connectivity index (χ0v) is 10.5. The first kappa shape index (κ1) is 11.9. The summed E-state index contributed by atoms with van der Waals surface area (Å²) in [7, 11) is 0. The van der Waals surface area contributed by atoms with Gasteiger partial charge in [-0.05, 0) is 31.7 Å². The van der Waals surface area contributed by atoms with Gasteiger partial charge in [-0.15, -0.1) is 0 Å². The molecule has 1 aliphatic heterocycles. The highest BCUT2D eigenvalue weighted by atomic mass is 16.2. The second-order valence-electron chi connectivity index (χ2n) is 5.26. The average Bonchev–Trinajstić information content (AvgIpc) is 2.62. The molecule has 1 saturated carbocycles. The standard InChI is InChI=1S/C13H24N2O/c1-3-14-11-8-9-15(13(11)16)12-7-5-4-6-10(12)2/h10-12,14H,3-9H2,1-2H3. The minimum absolute atomic E-state index is 0.0964. The molecule has 0 bridgehead atoms. The average molecular weight is 224 g/mol. The molecule has 3 unspecified atom stereocenters. The van der Waals surface area contributed by atoms with Gasteiger partial charge in [0.15, 0.2) is 0 Å². The molecule has 1 saturated heterocycles. The van der Waals surface area contributed by atoms with Crippen molar-refractivity contribution in [2.75, 3.05) is 13.1 Å². The Labute approximate surface area is 98.6 Å². The first-order valence-electron chi connectivity index (χ1n) is 6.78. The molecule has 2 fully saturated rings. The number of likely N-dealkylation sites (N-methyl/N-ethyl adjacent to an activating group) is 1. The summed E-state index contributed by atoms with van der Waals surface area (Å²) in [6, 6.07) is 0.615. The lowest BCUT2D eigenvalue weighted by atomic mass is 9.85. The normalized spacial score (nSPS) is 35.8. The lowest BCUT2D eigenvalue weighted by Crippen LogP contribution is -2.46. The number of amides is 1. The lowest BCUT2D eigenvalue weighted by molar-refractivity contribution is -0.132. The van der Waals surface area contributed by atoms with Crippen LogP contribution in [0.3, 0.4) is 0 Å². The highest BCUT2D eigenvalue weighted by Gasteiger charge is 2.37. The van der Waals surface area contributed by atoms with Crippen LogP contribution in [0.15, 0.2) is 0 Å². The number of hydrogen-bond donors (Lipinski definition) is 1. The van der Waals surface area contributed by atoms with Gasteiger partial charge in [-0.3, -0.25) is 4.79 Å². The number of nitrogens with one attached hydrogen (secondary N) is 1. The molecule has 2 aliphatic rings. The molecule has 0 aromatic carbocycles. The Morgan fingerprint density at radius 3 is 2.75 bits per heavy atom. The number of carbonyl (C=O) groups is 1. The first-order valence-corrected chi connectivity index (χ1v) is 6.78. The topological polar surface area (TPSA) is 32.3 Å². The fourth-order valence-corrected chi connectivity index (χ4v) is 3.23. The fraction of sp³-hybridized carbons (Fsp3) is 0.923. The Bertz CT molecular complexity index is 254. The molecular formula is C13H24N2O. The van der Waals surface area contributed by atoms with Crippen molar-refractivity contribution in [2.24, 2.45) is 5.92 Å². The van der Waals surface area contributed by atoms with Gasteiger partial charge in [0.2, 0.25) is 5.91 Å². The molecule has 2 rings (SSSR count). The van der Waals surface area contributed by atoms with Gasteiger partial charge in [0.1, 0.15) is 0 Å². The smallest absolute Gasteiger partial charge is 0.240 e. The largest absolute Gasteiger partial charge is 0.338 e. The number of hydrogen-bond acceptors (Lipinski definition) is 2. The van der Waals surface area contributed by atoms with E-state index in [9.17, 15) is 4.79 Å². The monoisotopic (exact) mass is 224 g/mol. The Balaban J connectivity index is 1.97. The quantitative estimate of drug-likeness (QED) is 0.792. The molecule has 1 aliphatic carbocycles. The summed E-state index contributed by atoms with van der Waals surface area (Å²) in [5.41, 5.74) is 0. The van der Waals surface area contributed by atoms with E-state index in [1.54, 1.807) is 0 Å². The molecule has 1 amide bonds. The minimum atomic E-state index is 0.0964. The van der Waals surface area contributed by atoms with Crippen LogP contribution in [0.5, 0.6) is 0 Å². The maximum atomic E-state index is 12.2. The van der Waals surface area contributed by atoms with Crippen LogP contribution in [0.2, 0.25) is 0 Å². The summed E-state index contributed by atoms with van der Waals surface area (Å²) in [5.74, 6) is 1.04. The predicted octanol–water partition coefficient (Wildman–Crippen LogP) is 1.78. The van der Waals surface area contributed by atoms with Crippen LogP contribution in [0.1, 0.15) is 46.0 Å². The number of nitrogens with zero attached hydrogens (tertiary/aromatic N) is 1. The van der Waals surface area contributed by atoms with Crippen LogP contribution in [0, 0.1) is 5.92 Å². The van der Waals surface area contributed by atoms with Crippen LogP contribution in [-0.4, -0.2) is 36.0 Å². The molecular weight excluding hydrogens is 200 g/mol. The van der Waals surface area contributed by atoms with E-state index >= 15 is 0 Å². The fourth-order valence-electron chi connectivity index (χ4n) is 3.23. The number of carbonyl (C=O) groups excluding carboxylic acids is 1. The number of rotatable bonds is 3. The van der Waals surface area contributed by atoms with Crippen molar-refractivity contribution in [1.82, 2.24) is 10.2 Å². The van der Waals surface area contributed by atoms with E-state index in [1.165, 1.54) is 25.7 Å². The zero-order valence-electron chi connectivity index (χ0n) is 10.5. The molecule has 3 atom stereocenters. The molecule has 0 spiro atoms. The Morgan fingerprint density at radius 2 is 2.06 bits per heavy atom. The van der Waals surface area contributed by atoms with Crippen molar-refractivity contribution in [2.45, 2.75) is 58.0 Å². The molecule has 3 heteroatoms. The number of likely N-dealkylation sites (tertiary alicyclic amines) is 1. The molecule has 0 radical (unpaired) electrons. The summed E-state index contributed by atoms with van der Waals surface area (Å²) in [4.78, 5) is 14.4. The van der Waals surface area contributed by atoms with Crippen LogP contribution in [-0.2, 0) is 4.79 Å². The van der Waals surface area contributed by atoms with Crippen molar-refractivity contribution < 1.29 is 4.79 Å². The van der Waals surface area contributed by atoms with E-state index in [4.69, 9.17) is 0 Å². The summed E-state index contributed by atoms with van der Waals surface area (Å²) >= 11 is 0. The third-order valence-electron chi connectivity index (χ3n) is 4.16. The van der Waals surface area contributed by atoms with E-state index in [-0.39, 0.29) is 6.04 Å². The van der Waals surface area contributed by atoms with E-state index in [0.717, 1.165) is 19.5 Å². The Kier molecular flexibility index (Phi) is 3.85. The van der Waals surface area contributed by atoms with Crippen molar-refractivity contribution in [3.8, 4) is 0 Å². The Morgan fingerprint density at radius 1 is 1.31 bits per heavy atom. The van der Waals surface area contributed by atoms with Gasteiger partial charge in [0.05, 0.1) is 6.04 Å². The molecule has 0 aromatic heterocycles. The van der Waals surface area contributed by atoms with Crippen LogP contribution in [0.25, 0.3) is 0 Å².